The molecule has 26 heavy (non-hydrogen) atoms. The number of nitrogens with one attached hydrogen (secondary N) is 1. The van der Waals surface area contributed by atoms with Gasteiger partial charge >= 0.3 is 0 Å². The lowest BCUT2D eigenvalue weighted by atomic mass is 10.1. The first kappa shape index (κ1) is 17.8. The minimum absolute atomic E-state index is 0.114. The zero-order valence-corrected chi connectivity index (χ0v) is 14.8. The Hall–Kier alpha value is -3.02. The van der Waals surface area contributed by atoms with Crippen molar-refractivity contribution in [2.24, 2.45) is 5.10 Å². The maximum atomic E-state index is 12.0. The van der Waals surface area contributed by atoms with Gasteiger partial charge < -0.3 is 14.7 Å². The minimum Gasteiger partial charge on any atom is -0.508 e. The summed E-state index contributed by atoms with van der Waals surface area (Å²) in [7, 11) is 1.63. The van der Waals surface area contributed by atoms with Crippen molar-refractivity contribution in [3.63, 3.8) is 0 Å². The number of aromatic hydroxyl groups is 1. The van der Waals surface area contributed by atoms with Gasteiger partial charge in [-0.25, -0.2) is 5.43 Å². The topological polar surface area (TPSA) is 74.2 Å². The first-order valence-electron chi connectivity index (χ1n) is 8.73. The number of methoxy groups -OCH3 is 1. The Balaban J connectivity index is 1.67. The minimum atomic E-state index is -0.342. The van der Waals surface area contributed by atoms with Crippen LogP contribution in [0.5, 0.6) is 11.5 Å². The monoisotopic (exact) mass is 353 g/mol. The maximum absolute atomic E-state index is 12.0. The van der Waals surface area contributed by atoms with E-state index in [1.807, 2.05) is 12.1 Å². The van der Waals surface area contributed by atoms with E-state index in [9.17, 15) is 9.90 Å². The zero-order valence-electron chi connectivity index (χ0n) is 14.8. The molecule has 136 valence electrons. The van der Waals surface area contributed by atoms with Crippen molar-refractivity contribution in [2.45, 2.75) is 19.3 Å². The molecule has 0 aromatic heterocycles. The second-order valence-corrected chi connectivity index (χ2v) is 6.22. The highest BCUT2D eigenvalue weighted by Crippen LogP contribution is 2.26. The van der Waals surface area contributed by atoms with Crippen molar-refractivity contribution in [1.29, 1.82) is 0 Å². The van der Waals surface area contributed by atoms with Crippen LogP contribution < -0.4 is 15.1 Å². The molecule has 6 nitrogen and oxygen atoms in total. The third kappa shape index (κ3) is 4.33. The highest BCUT2D eigenvalue weighted by atomic mass is 16.5. The van der Waals surface area contributed by atoms with Crippen LogP contribution in [0.2, 0.25) is 0 Å². The van der Waals surface area contributed by atoms with Gasteiger partial charge in [-0.2, -0.15) is 5.10 Å². The van der Waals surface area contributed by atoms with Crippen LogP contribution >= 0.6 is 0 Å². The number of phenols is 1. The van der Waals surface area contributed by atoms with Crippen molar-refractivity contribution in [3.05, 3.63) is 53.6 Å². The smallest absolute Gasteiger partial charge is 0.271 e. The molecule has 1 saturated heterocycles. The molecule has 1 aliphatic heterocycles. The lowest BCUT2D eigenvalue weighted by Gasteiger charge is -2.29. The summed E-state index contributed by atoms with van der Waals surface area (Å²) in [4.78, 5) is 14.4. The summed E-state index contributed by atoms with van der Waals surface area (Å²) in [5.41, 5.74) is 4.84. The van der Waals surface area contributed by atoms with Crippen LogP contribution in [0.15, 0.2) is 47.6 Å². The van der Waals surface area contributed by atoms with Crippen molar-refractivity contribution in [1.82, 2.24) is 5.43 Å². The fourth-order valence-corrected chi connectivity index (χ4v) is 2.99. The van der Waals surface area contributed by atoms with E-state index in [4.69, 9.17) is 4.74 Å². The Bertz CT molecular complexity index is 781. The molecular weight excluding hydrogens is 330 g/mol. The number of amides is 1. The van der Waals surface area contributed by atoms with Crippen molar-refractivity contribution in [2.75, 3.05) is 25.1 Å². The number of hydrazone groups is 1. The highest BCUT2D eigenvalue weighted by molar-refractivity contribution is 5.95. The molecule has 1 fully saturated rings. The number of carbonyl (C=O) groups is 1. The largest absolute Gasteiger partial charge is 0.508 e. The van der Waals surface area contributed by atoms with Crippen LogP contribution in [-0.4, -0.2) is 37.4 Å². The van der Waals surface area contributed by atoms with Gasteiger partial charge in [0, 0.05) is 36.0 Å². The van der Waals surface area contributed by atoms with E-state index in [0.717, 1.165) is 30.1 Å². The summed E-state index contributed by atoms with van der Waals surface area (Å²) < 4.78 is 5.47. The van der Waals surface area contributed by atoms with Crippen LogP contribution in [0.3, 0.4) is 0 Å². The second kappa shape index (κ2) is 8.38. The van der Waals surface area contributed by atoms with Gasteiger partial charge in [0.25, 0.3) is 5.91 Å². The molecule has 1 amide bonds. The maximum Gasteiger partial charge on any atom is 0.271 e. The highest BCUT2D eigenvalue weighted by Gasteiger charge is 2.13. The van der Waals surface area contributed by atoms with E-state index in [2.05, 4.69) is 21.5 Å². The Morgan fingerprint density at radius 1 is 1.15 bits per heavy atom. The molecule has 0 atom stereocenters. The number of nitrogens with zero attached hydrogens (tertiary/aromatic N) is 2. The zero-order chi connectivity index (χ0) is 18.4. The molecule has 2 aromatic rings. The Kier molecular flexibility index (Phi) is 5.73. The van der Waals surface area contributed by atoms with Gasteiger partial charge in [-0.05, 0) is 55.7 Å². The lowest BCUT2D eigenvalue weighted by molar-refractivity contribution is 0.0955. The van der Waals surface area contributed by atoms with Gasteiger partial charge in [0.1, 0.15) is 11.5 Å². The summed E-state index contributed by atoms with van der Waals surface area (Å²) in [6.07, 6.45) is 5.29. The quantitative estimate of drug-likeness (QED) is 0.640. The molecule has 0 spiro atoms. The van der Waals surface area contributed by atoms with Crippen LogP contribution in [0, 0.1) is 0 Å². The average molecular weight is 353 g/mol. The molecule has 6 heteroatoms. The van der Waals surface area contributed by atoms with Gasteiger partial charge in [0.05, 0.1) is 13.3 Å². The van der Waals surface area contributed by atoms with E-state index in [1.165, 1.54) is 43.5 Å². The number of benzene rings is 2. The van der Waals surface area contributed by atoms with Crippen LogP contribution in [-0.2, 0) is 0 Å². The summed E-state index contributed by atoms with van der Waals surface area (Å²) in [5, 5.41) is 13.3. The van der Waals surface area contributed by atoms with E-state index >= 15 is 0 Å². The predicted molar refractivity (Wildman–Crippen MR) is 102 cm³/mol. The van der Waals surface area contributed by atoms with Crippen molar-refractivity contribution >= 4 is 17.8 Å². The van der Waals surface area contributed by atoms with Crippen LogP contribution in [0.4, 0.5) is 5.69 Å². The van der Waals surface area contributed by atoms with Gasteiger partial charge in [0.15, 0.2) is 0 Å². The number of rotatable bonds is 5. The SMILES string of the molecule is COc1cc(N2CCCCC2)ccc1/C=N\NC(=O)c1ccc(O)cc1. The van der Waals surface area contributed by atoms with Gasteiger partial charge in [0.2, 0.25) is 0 Å². The summed E-state index contributed by atoms with van der Waals surface area (Å²) in [6, 6.07) is 12.0. The number of hydrogen-bond acceptors (Lipinski definition) is 5. The molecule has 3 rings (SSSR count). The molecule has 0 aliphatic carbocycles. The summed E-state index contributed by atoms with van der Waals surface area (Å²) >= 11 is 0. The third-order valence-corrected chi connectivity index (χ3v) is 4.44. The van der Waals surface area contributed by atoms with Crippen molar-refractivity contribution < 1.29 is 14.6 Å². The summed E-state index contributed by atoms with van der Waals surface area (Å²) in [5.74, 6) is 0.490. The molecule has 0 unspecified atom stereocenters. The number of phenolic OH excluding ortho intramolecular Hbond substituents is 1. The predicted octanol–water partition coefficient (Wildman–Crippen LogP) is 3.16. The first-order valence-corrected chi connectivity index (χ1v) is 8.73. The van der Waals surface area contributed by atoms with Crippen LogP contribution in [0.25, 0.3) is 0 Å². The number of ether oxygens (including phenoxy) is 1. The van der Waals surface area contributed by atoms with E-state index in [1.54, 1.807) is 13.3 Å². The number of piperidine rings is 1. The fourth-order valence-electron chi connectivity index (χ4n) is 2.99. The molecule has 2 aromatic carbocycles. The molecule has 0 saturated carbocycles. The van der Waals surface area contributed by atoms with E-state index < -0.39 is 0 Å². The molecule has 1 aliphatic rings. The standard InChI is InChI=1S/C20H23N3O3/c1-26-19-13-17(23-11-3-2-4-12-23)8-5-16(19)14-21-22-20(25)15-6-9-18(24)10-7-15/h5-10,13-14,24H,2-4,11-12H2,1H3,(H,22,25)/b21-14-. The number of hydrogen-bond donors (Lipinski definition) is 2. The van der Waals surface area contributed by atoms with Crippen LogP contribution in [0.1, 0.15) is 35.2 Å². The van der Waals surface area contributed by atoms with E-state index in [-0.39, 0.29) is 11.7 Å². The second-order valence-electron chi connectivity index (χ2n) is 6.22. The Morgan fingerprint density at radius 2 is 1.88 bits per heavy atom. The fraction of sp³-hybridized carbons (Fsp3) is 0.300. The molecule has 2 N–H and O–H groups in total. The Labute approximate surface area is 153 Å². The van der Waals surface area contributed by atoms with Gasteiger partial charge in [-0.3, -0.25) is 4.79 Å². The Morgan fingerprint density at radius 3 is 2.58 bits per heavy atom. The molecule has 0 radical (unpaired) electrons. The normalized spacial score (nSPS) is 14.4. The lowest BCUT2D eigenvalue weighted by Crippen LogP contribution is -2.29. The first-order chi connectivity index (χ1) is 12.7. The van der Waals surface area contributed by atoms with Gasteiger partial charge in [-0.1, -0.05) is 0 Å². The third-order valence-electron chi connectivity index (χ3n) is 4.44. The number of carbonyl (C=O) groups excluding carboxylic acids is 1. The molecule has 0 bridgehead atoms. The number of anilines is 1. The van der Waals surface area contributed by atoms with E-state index in [0.29, 0.717) is 5.56 Å². The molecular formula is C20H23N3O3. The summed E-state index contributed by atoms with van der Waals surface area (Å²) in [6.45, 7) is 2.14. The van der Waals surface area contributed by atoms with Crippen molar-refractivity contribution in [3.8, 4) is 11.5 Å². The average Bonchev–Trinajstić information content (AvgIpc) is 2.69. The van der Waals surface area contributed by atoms with Gasteiger partial charge in [-0.15, -0.1) is 0 Å². The molecule has 1 heterocycles.